The third-order valence-electron chi connectivity index (χ3n) is 3.77. The smallest absolute Gasteiger partial charge is 0.251 e. The number of halogens is 2. The van der Waals surface area contributed by atoms with E-state index in [1.54, 1.807) is 48.2 Å². The Morgan fingerprint density at radius 3 is 2.59 bits per heavy atom. The first-order valence-electron chi connectivity index (χ1n) is 8.02. The van der Waals surface area contributed by atoms with Gasteiger partial charge in [-0.15, -0.1) is 0 Å². The van der Waals surface area contributed by atoms with Crippen molar-refractivity contribution >= 4 is 56.6 Å². The number of hydrogen-bond donors (Lipinski definition) is 1. The van der Waals surface area contributed by atoms with Crippen LogP contribution in [0.25, 0.3) is 0 Å². The van der Waals surface area contributed by atoms with E-state index in [-0.39, 0.29) is 5.91 Å². The third kappa shape index (κ3) is 6.60. The molecule has 0 fully saturated rings. The monoisotopic (exact) mass is 446 g/mol. The molecule has 0 aliphatic heterocycles. The molecule has 5 nitrogen and oxygen atoms in total. The Balaban J connectivity index is 1.84. The standard InChI is InChI=1S/C18H20Cl2N2O3S2/c1-22(27(2,24)25)16-5-3-4-13(10-16)18(23)21-8-9-26-12-14-6-7-15(19)11-17(14)20/h3-7,10-11H,8-9,12H2,1-2H3,(H,21,23). The summed E-state index contributed by atoms with van der Waals surface area (Å²) in [4.78, 5) is 12.3. The number of benzene rings is 2. The van der Waals surface area contributed by atoms with Gasteiger partial charge in [0.15, 0.2) is 0 Å². The highest BCUT2D eigenvalue weighted by Crippen LogP contribution is 2.24. The number of amides is 1. The summed E-state index contributed by atoms with van der Waals surface area (Å²) in [6.45, 7) is 0.487. The molecule has 0 saturated carbocycles. The van der Waals surface area contributed by atoms with Crippen LogP contribution in [0.3, 0.4) is 0 Å². The molecule has 0 heterocycles. The van der Waals surface area contributed by atoms with Crippen molar-refractivity contribution < 1.29 is 13.2 Å². The van der Waals surface area contributed by atoms with Crippen LogP contribution in [0.15, 0.2) is 42.5 Å². The summed E-state index contributed by atoms with van der Waals surface area (Å²) in [6.07, 6.45) is 1.11. The molecule has 0 radical (unpaired) electrons. The van der Waals surface area contributed by atoms with Crippen LogP contribution in [0.4, 0.5) is 5.69 Å². The van der Waals surface area contributed by atoms with E-state index in [1.807, 2.05) is 6.07 Å². The molecule has 27 heavy (non-hydrogen) atoms. The second kappa shape index (κ2) is 9.68. The zero-order chi connectivity index (χ0) is 20.0. The van der Waals surface area contributed by atoms with E-state index < -0.39 is 10.0 Å². The lowest BCUT2D eigenvalue weighted by molar-refractivity contribution is 0.0956. The van der Waals surface area contributed by atoms with Crippen LogP contribution in [0.1, 0.15) is 15.9 Å². The van der Waals surface area contributed by atoms with E-state index in [1.165, 1.54) is 7.05 Å². The lowest BCUT2D eigenvalue weighted by atomic mass is 10.2. The first-order valence-corrected chi connectivity index (χ1v) is 11.8. The first-order chi connectivity index (χ1) is 12.7. The lowest BCUT2D eigenvalue weighted by Gasteiger charge is -2.17. The third-order valence-corrected chi connectivity index (χ3v) is 6.57. The van der Waals surface area contributed by atoms with Crippen LogP contribution < -0.4 is 9.62 Å². The number of carbonyl (C=O) groups excluding carboxylic acids is 1. The Labute approximate surface area is 174 Å². The SMILES string of the molecule is CN(c1cccc(C(=O)NCCSCc2ccc(Cl)cc2Cl)c1)S(C)(=O)=O. The van der Waals surface area contributed by atoms with Crippen LogP contribution >= 0.6 is 35.0 Å². The van der Waals surface area contributed by atoms with Crippen molar-refractivity contribution in [3.63, 3.8) is 0 Å². The molecule has 146 valence electrons. The van der Waals surface area contributed by atoms with Gasteiger partial charge in [0, 0.05) is 40.7 Å². The van der Waals surface area contributed by atoms with Crippen molar-refractivity contribution in [2.75, 3.05) is 29.9 Å². The van der Waals surface area contributed by atoms with E-state index in [4.69, 9.17) is 23.2 Å². The Morgan fingerprint density at radius 1 is 1.19 bits per heavy atom. The summed E-state index contributed by atoms with van der Waals surface area (Å²) in [5, 5.41) is 4.06. The molecule has 0 spiro atoms. The van der Waals surface area contributed by atoms with Crippen LogP contribution in [0.2, 0.25) is 10.0 Å². The van der Waals surface area contributed by atoms with Crippen molar-refractivity contribution in [1.29, 1.82) is 0 Å². The minimum absolute atomic E-state index is 0.246. The molecule has 2 aromatic carbocycles. The van der Waals surface area contributed by atoms with Gasteiger partial charge in [0.25, 0.3) is 5.91 Å². The fourth-order valence-electron chi connectivity index (χ4n) is 2.19. The van der Waals surface area contributed by atoms with E-state index >= 15 is 0 Å². The number of nitrogens with one attached hydrogen (secondary N) is 1. The van der Waals surface area contributed by atoms with Crippen molar-refractivity contribution in [2.24, 2.45) is 0 Å². The summed E-state index contributed by atoms with van der Waals surface area (Å²) in [5.41, 5.74) is 1.85. The largest absolute Gasteiger partial charge is 0.351 e. The Hall–Kier alpha value is -1.41. The zero-order valence-corrected chi connectivity index (χ0v) is 18.1. The minimum Gasteiger partial charge on any atom is -0.351 e. The second-order valence-corrected chi connectivity index (χ2v) is 9.79. The van der Waals surface area contributed by atoms with E-state index in [0.29, 0.717) is 33.6 Å². The van der Waals surface area contributed by atoms with Crippen molar-refractivity contribution in [2.45, 2.75) is 5.75 Å². The van der Waals surface area contributed by atoms with Gasteiger partial charge < -0.3 is 5.32 Å². The number of sulfonamides is 1. The molecule has 0 unspecified atom stereocenters. The van der Waals surface area contributed by atoms with Crippen LogP contribution in [0.5, 0.6) is 0 Å². The molecule has 9 heteroatoms. The molecule has 2 rings (SSSR count). The van der Waals surface area contributed by atoms with Gasteiger partial charge in [-0.2, -0.15) is 11.8 Å². The maximum atomic E-state index is 12.3. The number of nitrogens with zero attached hydrogens (tertiary/aromatic N) is 1. The van der Waals surface area contributed by atoms with E-state index in [2.05, 4.69) is 5.32 Å². The Bertz CT molecular complexity index is 921. The normalized spacial score (nSPS) is 11.3. The van der Waals surface area contributed by atoms with Crippen molar-refractivity contribution in [3.05, 3.63) is 63.6 Å². The summed E-state index contributed by atoms with van der Waals surface area (Å²) in [6, 6.07) is 11.9. The fourth-order valence-corrected chi connectivity index (χ4v) is 4.11. The molecule has 0 bridgehead atoms. The number of anilines is 1. The predicted octanol–water partition coefficient (Wildman–Crippen LogP) is 4.05. The number of carbonyl (C=O) groups is 1. The highest BCUT2D eigenvalue weighted by molar-refractivity contribution is 7.98. The summed E-state index contributed by atoms with van der Waals surface area (Å²) < 4.78 is 24.4. The molecule has 2 aromatic rings. The maximum absolute atomic E-state index is 12.3. The summed E-state index contributed by atoms with van der Waals surface area (Å²) >= 11 is 13.7. The number of rotatable bonds is 8. The lowest BCUT2D eigenvalue weighted by Crippen LogP contribution is -2.27. The highest BCUT2D eigenvalue weighted by atomic mass is 35.5. The number of hydrogen-bond acceptors (Lipinski definition) is 4. The first kappa shape index (κ1) is 21.9. The highest BCUT2D eigenvalue weighted by Gasteiger charge is 2.14. The van der Waals surface area contributed by atoms with Gasteiger partial charge in [0.1, 0.15) is 0 Å². The van der Waals surface area contributed by atoms with Crippen LogP contribution in [-0.4, -0.2) is 39.9 Å². The number of thioether (sulfide) groups is 1. The molecular weight excluding hydrogens is 427 g/mol. The van der Waals surface area contributed by atoms with E-state index in [0.717, 1.165) is 21.9 Å². The Morgan fingerprint density at radius 2 is 1.93 bits per heavy atom. The average molecular weight is 447 g/mol. The van der Waals surface area contributed by atoms with Gasteiger partial charge in [-0.25, -0.2) is 8.42 Å². The van der Waals surface area contributed by atoms with Gasteiger partial charge in [-0.1, -0.05) is 35.3 Å². The van der Waals surface area contributed by atoms with Gasteiger partial charge >= 0.3 is 0 Å². The average Bonchev–Trinajstić information content (AvgIpc) is 2.61. The molecule has 0 atom stereocenters. The minimum atomic E-state index is -3.38. The molecule has 0 aliphatic rings. The van der Waals surface area contributed by atoms with Gasteiger partial charge in [0.2, 0.25) is 10.0 Å². The fraction of sp³-hybridized carbons (Fsp3) is 0.278. The molecule has 1 N–H and O–H groups in total. The van der Waals surface area contributed by atoms with Gasteiger partial charge in [0.05, 0.1) is 11.9 Å². The predicted molar refractivity (Wildman–Crippen MR) is 115 cm³/mol. The topological polar surface area (TPSA) is 66.5 Å². The Kier molecular flexibility index (Phi) is 7.85. The maximum Gasteiger partial charge on any atom is 0.251 e. The summed E-state index contributed by atoms with van der Waals surface area (Å²) in [7, 11) is -1.93. The van der Waals surface area contributed by atoms with Crippen LogP contribution in [-0.2, 0) is 15.8 Å². The second-order valence-electron chi connectivity index (χ2n) is 5.83. The van der Waals surface area contributed by atoms with Crippen LogP contribution in [0, 0.1) is 0 Å². The van der Waals surface area contributed by atoms with E-state index in [9.17, 15) is 13.2 Å². The molecule has 0 aliphatic carbocycles. The molecule has 0 saturated heterocycles. The van der Waals surface area contributed by atoms with Crippen molar-refractivity contribution in [1.82, 2.24) is 5.32 Å². The van der Waals surface area contributed by atoms with Crippen molar-refractivity contribution in [3.8, 4) is 0 Å². The summed E-state index contributed by atoms with van der Waals surface area (Å²) in [5.74, 6) is 1.19. The zero-order valence-electron chi connectivity index (χ0n) is 14.9. The van der Waals surface area contributed by atoms with Gasteiger partial charge in [-0.05, 0) is 35.9 Å². The van der Waals surface area contributed by atoms with Gasteiger partial charge in [-0.3, -0.25) is 9.10 Å². The quantitative estimate of drug-likeness (QED) is 0.620. The molecular formula is C18H20Cl2N2O3S2. The molecule has 0 aromatic heterocycles. The molecule has 1 amide bonds.